The molecule has 0 spiro atoms. The summed E-state index contributed by atoms with van der Waals surface area (Å²) in [6, 6.07) is 5.64. The Kier molecular flexibility index (Phi) is 2.31. The number of nitrogens with zero attached hydrogens (tertiary/aromatic N) is 3. The molecule has 2 heterocycles. The van der Waals surface area contributed by atoms with Crippen molar-refractivity contribution in [2.24, 2.45) is 7.05 Å². The van der Waals surface area contributed by atoms with Crippen molar-refractivity contribution in [3.63, 3.8) is 0 Å². The second-order valence-electron chi connectivity index (χ2n) is 3.80. The fourth-order valence-electron chi connectivity index (χ4n) is 1.86. The first-order valence-electron chi connectivity index (χ1n) is 5.04. The number of hydrogen-bond acceptors (Lipinski definition) is 2. The van der Waals surface area contributed by atoms with Crippen molar-refractivity contribution in [3.8, 4) is 5.69 Å². The highest BCUT2D eigenvalue weighted by molar-refractivity contribution is 7.71. The zero-order chi connectivity index (χ0) is 12.0. The number of imidazole rings is 1. The Balaban J connectivity index is 2.39. The molecule has 0 saturated carbocycles. The Morgan fingerprint density at radius 2 is 2.24 bits per heavy atom. The number of H-pyrrole nitrogens is 1. The van der Waals surface area contributed by atoms with Crippen molar-refractivity contribution in [1.29, 1.82) is 0 Å². The molecular weight excluding hydrogens is 256 g/mol. The van der Waals surface area contributed by atoms with E-state index in [1.54, 1.807) is 10.9 Å². The second kappa shape index (κ2) is 3.72. The fraction of sp³-hybridized carbons (Fsp3) is 0.0909. The van der Waals surface area contributed by atoms with Crippen LogP contribution in [-0.2, 0) is 7.05 Å². The van der Waals surface area contributed by atoms with E-state index in [0.717, 1.165) is 16.7 Å². The number of aryl methyl sites for hydroxylation is 1. The van der Waals surface area contributed by atoms with Crippen molar-refractivity contribution in [2.45, 2.75) is 0 Å². The minimum atomic E-state index is 0.635. The van der Waals surface area contributed by atoms with Gasteiger partial charge in [-0.05, 0) is 30.4 Å². The molecule has 0 unspecified atom stereocenters. The molecule has 3 aromatic rings. The molecule has 4 nitrogen and oxygen atoms in total. The van der Waals surface area contributed by atoms with Gasteiger partial charge in [-0.25, -0.2) is 0 Å². The lowest BCUT2D eigenvalue weighted by Gasteiger charge is -2.00. The molecule has 6 heteroatoms. The molecule has 0 aliphatic heterocycles. The summed E-state index contributed by atoms with van der Waals surface area (Å²) in [4.78, 5) is 3.14. The van der Waals surface area contributed by atoms with E-state index in [9.17, 15) is 0 Å². The molecule has 0 aliphatic rings. The molecule has 17 heavy (non-hydrogen) atoms. The lowest BCUT2D eigenvalue weighted by atomic mass is 10.3. The highest BCUT2D eigenvalue weighted by atomic mass is 35.5. The maximum Gasteiger partial charge on any atom is 0.182 e. The maximum absolute atomic E-state index is 6.01. The zero-order valence-corrected chi connectivity index (χ0v) is 10.6. The van der Waals surface area contributed by atoms with Gasteiger partial charge in [0.15, 0.2) is 4.77 Å². The molecule has 0 atom stereocenters. The third-order valence-electron chi connectivity index (χ3n) is 2.59. The summed E-state index contributed by atoms with van der Waals surface area (Å²) in [5.41, 5.74) is 2.84. The Morgan fingerprint density at radius 1 is 1.41 bits per heavy atom. The van der Waals surface area contributed by atoms with E-state index in [1.807, 2.05) is 36.0 Å². The molecular formula is C11H9ClN4S. The Bertz CT molecular complexity index is 752. The van der Waals surface area contributed by atoms with Crippen LogP contribution in [0.3, 0.4) is 0 Å². The number of hydrogen-bond donors (Lipinski definition) is 1. The van der Waals surface area contributed by atoms with E-state index in [2.05, 4.69) is 10.1 Å². The molecule has 0 aliphatic carbocycles. The largest absolute Gasteiger partial charge is 0.330 e. The van der Waals surface area contributed by atoms with Crippen molar-refractivity contribution in [1.82, 2.24) is 19.3 Å². The first-order valence-corrected chi connectivity index (χ1v) is 5.83. The van der Waals surface area contributed by atoms with E-state index >= 15 is 0 Å². The van der Waals surface area contributed by atoms with Crippen LogP contribution >= 0.6 is 23.8 Å². The zero-order valence-electron chi connectivity index (χ0n) is 9.01. The summed E-state index contributed by atoms with van der Waals surface area (Å²) in [5.74, 6) is 0. The van der Waals surface area contributed by atoms with Crippen molar-refractivity contribution in [3.05, 3.63) is 40.4 Å². The normalized spacial score (nSPS) is 11.2. The molecule has 0 fully saturated rings. The number of aromatic amines is 1. The first kappa shape index (κ1) is 10.6. The predicted octanol–water partition coefficient (Wildman–Crippen LogP) is 3.07. The Labute approximate surface area is 107 Å². The Hall–Kier alpha value is -1.59. The summed E-state index contributed by atoms with van der Waals surface area (Å²) in [5, 5.41) is 4.83. The van der Waals surface area contributed by atoms with E-state index in [-0.39, 0.29) is 0 Å². The minimum absolute atomic E-state index is 0.635. The monoisotopic (exact) mass is 264 g/mol. The molecule has 0 bridgehead atoms. The van der Waals surface area contributed by atoms with Crippen molar-refractivity contribution in [2.75, 3.05) is 0 Å². The lowest BCUT2D eigenvalue weighted by Crippen LogP contribution is -1.92. The summed E-state index contributed by atoms with van der Waals surface area (Å²) < 4.78 is 4.29. The fourth-order valence-corrected chi connectivity index (χ4v) is 2.34. The Morgan fingerprint density at radius 3 is 2.94 bits per heavy atom. The summed E-state index contributed by atoms with van der Waals surface area (Å²) in [7, 11) is 1.87. The van der Waals surface area contributed by atoms with E-state index in [1.165, 1.54) is 0 Å². The van der Waals surface area contributed by atoms with Gasteiger partial charge in [0, 0.05) is 18.3 Å². The van der Waals surface area contributed by atoms with Crippen molar-refractivity contribution < 1.29 is 0 Å². The summed E-state index contributed by atoms with van der Waals surface area (Å²) in [6.07, 6.45) is 3.67. The average molecular weight is 265 g/mol. The molecule has 0 radical (unpaired) electrons. The number of benzene rings is 1. The molecule has 1 N–H and O–H groups in total. The van der Waals surface area contributed by atoms with E-state index in [4.69, 9.17) is 23.8 Å². The van der Waals surface area contributed by atoms with Crippen LogP contribution in [0.5, 0.6) is 0 Å². The van der Waals surface area contributed by atoms with Crippen LogP contribution in [0.4, 0.5) is 0 Å². The predicted molar refractivity (Wildman–Crippen MR) is 70.2 cm³/mol. The molecule has 0 saturated heterocycles. The van der Waals surface area contributed by atoms with Gasteiger partial charge >= 0.3 is 0 Å². The standard InChI is InChI=1S/C11H9ClN4S/c1-15-6-8(5-13-15)16-10-4-7(12)2-3-9(10)14-11(16)17/h2-6H,1H3,(H,14,17). The highest BCUT2D eigenvalue weighted by Crippen LogP contribution is 2.22. The van der Waals surface area contributed by atoms with Crippen LogP contribution < -0.4 is 0 Å². The second-order valence-corrected chi connectivity index (χ2v) is 4.62. The van der Waals surface area contributed by atoms with Gasteiger partial charge in [0.1, 0.15) is 0 Å². The first-order chi connectivity index (χ1) is 8.15. The third kappa shape index (κ3) is 1.67. The quantitative estimate of drug-likeness (QED) is 0.686. The van der Waals surface area contributed by atoms with Gasteiger partial charge in [0.2, 0.25) is 0 Å². The lowest BCUT2D eigenvalue weighted by molar-refractivity contribution is 0.767. The number of rotatable bonds is 1. The van der Waals surface area contributed by atoms with Crippen LogP contribution in [0.2, 0.25) is 5.02 Å². The molecule has 2 aromatic heterocycles. The number of nitrogens with one attached hydrogen (secondary N) is 1. The molecule has 0 amide bonds. The maximum atomic E-state index is 6.01. The minimum Gasteiger partial charge on any atom is -0.330 e. The number of halogens is 1. The van der Waals surface area contributed by atoms with Gasteiger partial charge in [-0.1, -0.05) is 11.6 Å². The summed E-state index contributed by atoms with van der Waals surface area (Å²) in [6.45, 7) is 0. The molecule has 3 rings (SSSR count). The van der Waals surface area contributed by atoms with Crippen LogP contribution in [0, 0.1) is 4.77 Å². The number of aromatic nitrogens is 4. The van der Waals surface area contributed by atoms with E-state index < -0.39 is 0 Å². The van der Waals surface area contributed by atoms with Gasteiger partial charge in [-0.3, -0.25) is 9.25 Å². The van der Waals surface area contributed by atoms with Crippen LogP contribution in [0.25, 0.3) is 16.7 Å². The highest BCUT2D eigenvalue weighted by Gasteiger charge is 2.08. The third-order valence-corrected chi connectivity index (χ3v) is 3.11. The van der Waals surface area contributed by atoms with Crippen LogP contribution in [0.1, 0.15) is 0 Å². The van der Waals surface area contributed by atoms with Gasteiger partial charge in [-0.15, -0.1) is 0 Å². The van der Waals surface area contributed by atoms with Gasteiger partial charge in [-0.2, -0.15) is 5.10 Å². The van der Waals surface area contributed by atoms with Gasteiger partial charge in [0.25, 0.3) is 0 Å². The molecule has 86 valence electrons. The van der Waals surface area contributed by atoms with Crippen LogP contribution in [0.15, 0.2) is 30.6 Å². The van der Waals surface area contributed by atoms with Crippen molar-refractivity contribution >= 4 is 34.9 Å². The SMILES string of the molecule is Cn1cc(-n2c(=S)[nH]c3ccc(Cl)cc32)cn1. The smallest absolute Gasteiger partial charge is 0.182 e. The van der Waals surface area contributed by atoms with Gasteiger partial charge in [0.05, 0.1) is 22.9 Å². The van der Waals surface area contributed by atoms with E-state index in [0.29, 0.717) is 9.79 Å². The molecule has 1 aromatic carbocycles. The summed E-state index contributed by atoms with van der Waals surface area (Å²) >= 11 is 11.3. The topological polar surface area (TPSA) is 38.5 Å². The number of fused-ring (bicyclic) bond motifs is 1. The van der Waals surface area contributed by atoms with Crippen LogP contribution in [-0.4, -0.2) is 19.3 Å². The van der Waals surface area contributed by atoms with Gasteiger partial charge < -0.3 is 4.98 Å². The average Bonchev–Trinajstić information content (AvgIpc) is 2.81.